The second-order valence-electron chi connectivity index (χ2n) is 7.65. The minimum Gasteiger partial charge on any atom is -0.493 e. The molecule has 1 saturated heterocycles. The Labute approximate surface area is 182 Å². The van der Waals surface area contributed by atoms with Gasteiger partial charge in [0.15, 0.2) is 5.54 Å². The number of amides is 4. The van der Waals surface area contributed by atoms with E-state index in [4.69, 9.17) is 4.74 Å². The number of nitrogens with zero attached hydrogens (tertiary/aromatic N) is 3. The van der Waals surface area contributed by atoms with E-state index in [2.05, 4.69) is 10.3 Å². The molecule has 3 heterocycles. The molecule has 4 amide bonds. The first-order valence-electron chi connectivity index (χ1n) is 9.93. The van der Waals surface area contributed by atoms with Crippen LogP contribution in [0.15, 0.2) is 48.5 Å². The molecule has 1 aromatic heterocycles. The summed E-state index contributed by atoms with van der Waals surface area (Å²) in [6, 6.07) is 14.4. The van der Waals surface area contributed by atoms with E-state index in [9.17, 15) is 14.4 Å². The largest absolute Gasteiger partial charge is 0.493 e. The van der Waals surface area contributed by atoms with Crippen LogP contribution < -0.4 is 10.1 Å². The van der Waals surface area contributed by atoms with Crippen molar-refractivity contribution >= 4 is 39.4 Å². The number of thiazole rings is 1. The van der Waals surface area contributed by atoms with Crippen molar-refractivity contribution in [2.45, 2.75) is 18.5 Å². The van der Waals surface area contributed by atoms with Crippen molar-refractivity contribution in [1.29, 1.82) is 0 Å². The molecule has 8 nitrogen and oxygen atoms in total. The number of urea groups is 1. The van der Waals surface area contributed by atoms with Gasteiger partial charge in [0.25, 0.3) is 5.91 Å². The predicted octanol–water partition coefficient (Wildman–Crippen LogP) is 2.48. The van der Waals surface area contributed by atoms with Crippen molar-refractivity contribution < 1.29 is 19.1 Å². The fraction of sp³-hybridized carbons (Fsp3) is 0.273. The number of fused-ring (bicyclic) bond motifs is 3. The summed E-state index contributed by atoms with van der Waals surface area (Å²) in [5, 5.41) is 3.61. The van der Waals surface area contributed by atoms with Crippen molar-refractivity contribution in [3.8, 4) is 5.75 Å². The van der Waals surface area contributed by atoms with Crippen molar-refractivity contribution in [3.63, 3.8) is 0 Å². The van der Waals surface area contributed by atoms with Crippen LogP contribution in [0.1, 0.15) is 17.0 Å². The third-order valence-electron chi connectivity index (χ3n) is 5.69. The highest BCUT2D eigenvalue weighted by atomic mass is 32.1. The molecule has 2 aromatic carbocycles. The lowest BCUT2D eigenvalue weighted by molar-refractivity contribution is -0.139. The Bertz CT molecular complexity index is 1180. The molecule has 5 rings (SSSR count). The number of ether oxygens (including phenoxy) is 1. The molecule has 0 radical (unpaired) electrons. The van der Waals surface area contributed by atoms with Gasteiger partial charge in [0.2, 0.25) is 5.91 Å². The van der Waals surface area contributed by atoms with E-state index in [1.807, 2.05) is 30.3 Å². The monoisotopic (exact) mass is 436 g/mol. The van der Waals surface area contributed by atoms with E-state index < -0.39 is 17.5 Å². The number of carbonyl (C=O) groups excluding carboxylic acids is 3. The first kappa shape index (κ1) is 19.5. The van der Waals surface area contributed by atoms with E-state index >= 15 is 0 Å². The number of imide groups is 1. The molecule has 31 heavy (non-hydrogen) atoms. The van der Waals surface area contributed by atoms with Crippen LogP contribution in [0.25, 0.3) is 10.2 Å². The predicted molar refractivity (Wildman–Crippen MR) is 115 cm³/mol. The van der Waals surface area contributed by atoms with Crippen LogP contribution in [0, 0.1) is 0 Å². The van der Waals surface area contributed by atoms with Gasteiger partial charge in [-0.3, -0.25) is 14.5 Å². The first-order valence-corrected chi connectivity index (χ1v) is 10.7. The summed E-state index contributed by atoms with van der Waals surface area (Å²) < 4.78 is 6.69. The van der Waals surface area contributed by atoms with Gasteiger partial charge in [0, 0.05) is 19.0 Å². The lowest BCUT2D eigenvalue weighted by Crippen LogP contribution is -2.48. The topological polar surface area (TPSA) is 91.8 Å². The summed E-state index contributed by atoms with van der Waals surface area (Å²) in [4.78, 5) is 45.8. The minimum atomic E-state index is -1.18. The summed E-state index contributed by atoms with van der Waals surface area (Å²) >= 11 is 1.52. The van der Waals surface area contributed by atoms with Crippen LogP contribution in [-0.2, 0) is 21.7 Å². The van der Waals surface area contributed by atoms with Gasteiger partial charge in [-0.1, -0.05) is 30.3 Å². The number of hydrogen-bond donors (Lipinski definition) is 1. The van der Waals surface area contributed by atoms with Gasteiger partial charge in [0.1, 0.15) is 17.3 Å². The third kappa shape index (κ3) is 3.21. The van der Waals surface area contributed by atoms with Crippen molar-refractivity contribution in [2.75, 3.05) is 20.2 Å². The Hall–Kier alpha value is -3.46. The summed E-state index contributed by atoms with van der Waals surface area (Å²) in [6.07, 6.45) is 0.320. The fourth-order valence-corrected chi connectivity index (χ4v) is 5.07. The summed E-state index contributed by atoms with van der Waals surface area (Å²) in [5.41, 5.74) is 0.326. The maximum atomic E-state index is 13.3. The van der Waals surface area contributed by atoms with E-state index in [0.29, 0.717) is 30.9 Å². The average molecular weight is 436 g/mol. The highest BCUT2D eigenvalue weighted by molar-refractivity contribution is 7.18. The Morgan fingerprint density at radius 1 is 1.23 bits per heavy atom. The van der Waals surface area contributed by atoms with Crippen LogP contribution in [-0.4, -0.2) is 52.8 Å². The molecular weight excluding hydrogens is 416 g/mol. The van der Waals surface area contributed by atoms with Crippen molar-refractivity contribution in [3.05, 3.63) is 59.1 Å². The van der Waals surface area contributed by atoms with Crippen molar-refractivity contribution in [2.24, 2.45) is 0 Å². The molecule has 3 aromatic rings. The van der Waals surface area contributed by atoms with Crippen LogP contribution in [0.5, 0.6) is 5.75 Å². The minimum absolute atomic E-state index is 0.308. The quantitative estimate of drug-likeness (QED) is 0.635. The molecule has 9 heteroatoms. The van der Waals surface area contributed by atoms with E-state index in [1.54, 1.807) is 25.2 Å². The normalized spacial score (nSPS) is 20.0. The number of aromatic nitrogens is 1. The summed E-state index contributed by atoms with van der Waals surface area (Å²) in [7, 11) is 1.65. The molecule has 0 aliphatic carbocycles. The second-order valence-corrected chi connectivity index (χ2v) is 8.76. The number of rotatable bonds is 4. The number of carbonyl (C=O) groups is 3. The smallest absolute Gasteiger partial charge is 0.325 e. The maximum Gasteiger partial charge on any atom is 0.325 e. The number of likely N-dealkylation sites (N-methyl/N-ethyl adjacent to an activating group) is 1. The van der Waals surface area contributed by atoms with Crippen molar-refractivity contribution in [1.82, 2.24) is 20.1 Å². The Morgan fingerprint density at radius 2 is 2.00 bits per heavy atom. The number of hydrogen-bond acceptors (Lipinski definition) is 6. The van der Waals surface area contributed by atoms with Gasteiger partial charge in [-0.25, -0.2) is 9.78 Å². The zero-order chi connectivity index (χ0) is 21.6. The van der Waals surface area contributed by atoms with Gasteiger partial charge >= 0.3 is 6.03 Å². The highest BCUT2D eigenvalue weighted by Gasteiger charge is 2.55. The van der Waals surface area contributed by atoms with Gasteiger partial charge in [-0.15, -0.1) is 11.3 Å². The fourth-order valence-electron chi connectivity index (χ4n) is 4.05. The molecule has 1 N–H and O–H groups in total. The molecule has 158 valence electrons. The molecule has 2 aliphatic heterocycles. The Balaban J connectivity index is 1.32. The number of benzene rings is 2. The molecule has 1 fully saturated rings. The van der Waals surface area contributed by atoms with Gasteiger partial charge in [0.05, 0.1) is 23.4 Å². The van der Waals surface area contributed by atoms with E-state index in [-0.39, 0.29) is 12.5 Å². The second kappa shape index (κ2) is 7.35. The molecule has 0 bridgehead atoms. The Kier molecular flexibility index (Phi) is 4.62. The van der Waals surface area contributed by atoms with Gasteiger partial charge in [-0.05, 0) is 18.2 Å². The number of nitrogens with one attached hydrogen (secondary N) is 1. The zero-order valence-corrected chi connectivity index (χ0v) is 17.6. The SMILES string of the molecule is CN(Cc1nc2ccccc2s1)C(=O)CN1C(=O)NC2(CCOc3ccccc32)C1=O. The lowest BCUT2D eigenvalue weighted by atomic mass is 9.84. The molecule has 2 aliphatic rings. The molecule has 1 spiro atoms. The molecular formula is C22H20N4O4S. The van der Waals surface area contributed by atoms with Crippen LogP contribution >= 0.6 is 11.3 Å². The van der Waals surface area contributed by atoms with E-state index in [0.717, 1.165) is 20.1 Å². The van der Waals surface area contributed by atoms with E-state index in [1.165, 1.54) is 16.2 Å². The lowest BCUT2D eigenvalue weighted by Gasteiger charge is -2.33. The first-order chi connectivity index (χ1) is 15.0. The Morgan fingerprint density at radius 3 is 2.84 bits per heavy atom. The standard InChI is InChI=1S/C22H20N4O4S/c1-25(12-18-23-15-7-3-5-9-17(15)31-18)19(27)13-26-20(28)22(24-21(26)29)10-11-30-16-8-4-2-6-14(16)22/h2-9H,10-13H2,1H3,(H,24,29). The number of para-hydroxylation sites is 2. The molecule has 0 saturated carbocycles. The van der Waals surface area contributed by atoms with Crippen LogP contribution in [0.2, 0.25) is 0 Å². The molecule has 1 unspecified atom stereocenters. The zero-order valence-electron chi connectivity index (χ0n) is 16.8. The maximum absolute atomic E-state index is 13.3. The van der Waals surface area contributed by atoms with Crippen LogP contribution in [0.4, 0.5) is 4.79 Å². The molecule has 1 atom stereocenters. The average Bonchev–Trinajstić information content (AvgIpc) is 3.28. The summed E-state index contributed by atoms with van der Waals surface area (Å²) in [5.74, 6) is -0.182. The summed E-state index contributed by atoms with van der Waals surface area (Å²) in [6.45, 7) is 0.294. The van der Waals surface area contributed by atoms with Gasteiger partial charge < -0.3 is 15.0 Å². The van der Waals surface area contributed by atoms with Crippen LogP contribution in [0.3, 0.4) is 0 Å². The van der Waals surface area contributed by atoms with Gasteiger partial charge in [-0.2, -0.15) is 0 Å². The third-order valence-corrected chi connectivity index (χ3v) is 6.71. The highest BCUT2D eigenvalue weighted by Crippen LogP contribution is 2.40.